The number of anilines is 2. The van der Waals surface area contributed by atoms with Gasteiger partial charge in [-0.1, -0.05) is 13.8 Å². The molecule has 5 heteroatoms. The molecule has 0 aliphatic carbocycles. The topological polar surface area (TPSA) is 53.1 Å². The summed E-state index contributed by atoms with van der Waals surface area (Å²) >= 11 is 0. The average molecular weight is 263 g/mol. The van der Waals surface area contributed by atoms with E-state index in [2.05, 4.69) is 39.3 Å². The lowest BCUT2D eigenvalue weighted by molar-refractivity contribution is 0.226. The van der Waals surface area contributed by atoms with Gasteiger partial charge in [-0.2, -0.15) is 0 Å². The number of nitrogens with zero attached hydrogens (tertiary/aromatic N) is 3. The Labute approximate surface area is 115 Å². The largest absolute Gasteiger partial charge is 0.369 e. The smallest absolute Gasteiger partial charge is 0.147 e. The lowest BCUT2D eigenvalue weighted by Gasteiger charge is -2.32. The summed E-state index contributed by atoms with van der Waals surface area (Å²) in [4.78, 5) is 11.3. The van der Waals surface area contributed by atoms with Gasteiger partial charge in [0.2, 0.25) is 0 Å². The predicted octanol–water partition coefficient (Wildman–Crippen LogP) is 2.19. The highest BCUT2D eigenvalue weighted by Gasteiger charge is 2.18. The molecule has 2 N–H and O–H groups in total. The van der Waals surface area contributed by atoms with Crippen molar-refractivity contribution in [2.45, 2.75) is 39.2 Å². The molecule has 19 heavy (non-hydrogen) atoms. The quantitative estimate of drug-likeness (QED) is 0.824. The van der Waals surface area contributed by atoms with Crippen molar-refractivity contribution in [3.05, 3.63) is 12.4 Å². The molecule has 106 valence electrons. The standard InChI is InChI=1S/C14H25N5/c1-3-7-16-13-9-15-10-14(18-13)17-12-6-5-8-19(4-2)11-12/h9-10,12H,3-8,11H2,1-2H3,(H2,16,17,18). The second kappa shape index (κ2) is 7.28. The number of piperidine rings is 1. The predicted molar refractivity (Wildman–Crippen MR) is 79.6 cm³/mol. The van der Waals surface area contributed by atoms with Gasteiger partial charge in [0, 0.05) is 19.1 Å². The van der Waals surface area contributed by atoms with Crippen LogP contribution in [0.15, 0.2) is 12.4 Å². The summed E-state index contributed by atoms with van der Waals surface area (Å²) in [6, 6.07) is 0.490. The van der Waals surface area contributed by atoms with Crippen molar-refractivity contribution in [2.24, 2.45) is 0 Å². The fourth-order valence-corrected chi connectivity index (χ4v) is 2.44. The minimum atomic E-state index is 0.490. The summed E-state index contributed by atoms with van der Waals surface area (Å²) in [5.74, 6) is 1.74. The molecule has 0 bridgehead atoms. The Morgan fingerprint density at radius 3 is 2.95 bits per heavy atom. The Morgan fingerprint density at radius 1 is 1.32 bits per heavy atom. The zero-order chi connectivity index (χ0) is 13.5. The number of aromatic nitrogens is 2. The second-order valence-corrected chi connectivity index (χ2v) is 5.09. The van der Waals surface area contributed by atoms with Crippen molar-refractivity contribution in [2.75, 3.05) is 36.8 Å². The van der Waals surface area contributed by atoms with Crippen molar-refractivity contribution in [1.29, 1.82) is 0 Å². The minimum absolute atomic E-state index is 0.490. The molecule has 1 aliphatic heterocycles. The van der Waals surface area contributed by atoms with Crippen LogP contribution in [0.25, 0.3) is 0 Å². The highest BCUT2D eigenvalue weighted by Crippen LogP contribution is 2.15. The first kappa shape index (κ1) is 14.1. The maximum Gasteiger partial charge on any atom is 0.147 e. The summed E-state index contributed by atoms with van der Waals surface area (Å²) in [5.41, 5.74) is 0. The Balaban J connectivity index is 1.90. The Kier molecular flexibility index (Phi) is 5.39. The third-order valence-corrected chi connectivity index (χ3v) is 3.50. The van der Waals surface area contributed by atoms with Crippen LogP contribution in [0.4, 0.5) is 11.6 Å². The highest BCUT2D eigenvalue weighted by molar-refractivity contribution is 5.42. The van der Waals surface area contributed by atoms with Crippen LogP contribution in [-0.4, -0.2) is 47.1 Å². The molecule has 0 radical (unpaired) electrons. The summed E-state index contributed by atoms with van der Waals surface area (Å²) in [7, 11) is 0. The van der Waals surface area contributed by atoms with Gasteiger partial charge in [0.25, 0.3) is 0 Å². The molecule has 1 saturated heterocycles. The second-order valence-electron chi connectivity index (χ2n) is 5.09. The number of nitrogens with one attached hydrogen (secondary N) is 2. The molecule has 0 aromatic carbocycles. The van der Waals surface area contributed by atoms with Crippen molar-refractivity contribution in [3.8, 4) is 0 Å². The van der Waals surface area contributed by atoms with E-state index in [1.54, 1.807) is 6.20 Å². The molecule has 1 unspecified atom stereocenters. The van der Waals surface area contributed by atoms with Crippen molar-refractivity contribution in [3.63, 3.8) is 0 Å². The molecular weight excluding hydrogens is 238 g/mol. The van der Waals surface area contributed by atoms with Crippen LogP contribution in [0, 0.1) is 0 Å². The molecule has 1 fully saturated rings. The number of likely N-dealkylation sites (tertiary alicyclic amines) is 1. The maximum atomic E-state index is 4.55. The summed E-state index contributed by atoms with van der Waals surface area (Å²) in [6.45, 7) is 8.75. The van der Waals surface area contributed by atoms with Gasteiger partial charge in [-0.25, -0.2) is 4.98 Å². The first-order valence-corrected chi connectivity index (χ1v) is 7.36. The lowest BCUT2D eigenvalue weighted by atomic mass is 10.1. The van der Waals surface area contributed by atoms with Crippen LogP contribution in [0.1, 0.15) is 33.1 Å². The average Bonchev–Trinajstić information content (AvgIpc) is 2.46. The van der Waals surface area contributed by atoms with Crippen molar-refractivity contribution >= 4 is 11.6 Å². The Hall–Kier alpha value is -1.36. The van der Waals surface area contributed by atoms with Gasteiger partial charge < -0.3 is 15.5 Å². The van der Waals surface area contributed by atoms with E-state index in [0.29, 0.717) is 6.04 Å². The van der Waals surface area contributed by atoms with Crippen LogP contribution < -0.4 is 10.6 Å². The SMILES string of the molecule is CCCNc1cncc(NC2CCCN(CC)C2)n1. The summed E-state index contributed by atoms with van der Waals surface area (Å²) < 4.78 is 0. The van der Waals surface area contributed by atoms with Gasteiger partial charge >= 0.3 is 0 Å². The van der Waals surface area contributed by atoms with Gasteiger partial charge in [0.1, 0.15) is 11.6 Å². The Morgan fingerprint density at radius 2 is 2.16 bits per heavy atom. The van der Waals surface area contributed by atoms with Crippen LogP contribution in [0.5, 0.6) is 0 Å². The van der Waals surface area contributed by atoms with Gasteiger partial charge in [-0.05, 0) is 32.4 Å². The number of rotatable bonds is 6. The zero-order valence-electron chi connectivity index (χ0n) is 12.0. The molecule has 1 aromatic rings. The third-order valence-electron chi connectivity index (χ3n) is 3.50. The molecule has 0 saturated carbocycles. The van der Waals surface area contributed by atoms with Gasteiger partial charge in [-0.15, -0.1) is 0 Å². The van der Waals surface area contributed by atoms with Gasteiger partial charge in [0.15, 0.2) is 0 Å². The van der Waals surface area contributed by atoms with E-state index in [-0.39, 0.29) is 0 Å². The molecule has 2 rings (SSSR count). The van der Waals surface area contributed by atoms with E-state index in [4.69, 9.17) is 0 Å². The molecule has 1 aliphatic rings. The van der Waals surface area contributed by atoms with Gasteiger partial charge in [0.05, 0.1) is 12.4 Å². The number of likely N-dealkylation sites (N-methyl/N-ethyl adjacent to an activating group) is 1. The van der Waals surface area contributed by atoms with E-state index in [0.717, 1.165) is 37.7 Å². The summed E-state index contributed by atoms with van der Waals surface area (Å²) in [6.07, 6.45) is 7.15. The van der Waals surface area contributed by atoms with E-state index < -0.39 is 0 Å². The van der Waals surface area contributed by atoms with Crippen LogP contribution in [0.3, 0.4) is 0 Å². The number of hydrogen-bond acceptors (Lipinski definition) is 5. The zero-order valence-corrected chi connectivity index (χ0v) is 12.0. The van der Waals surface area contributed by atoms with E-state index in [9.17, 15) is 0 Å². The first-order valence-electron chi connectivity index (χ1n) is 7.36. The monoisotopic (exact) mass is 263 g/mol. The third kappa shape index (κ3) is 4.35. The van der Waals surface area contributed by atoms with E-state index in [1.165, 1.54) is 19.4 Å². The fourth-order valence-electron chi connectivity index (χ4n) is 2.44. The molecular formula is C14H25N5. The molecule has 1 atom stereocenters. The van der Waals surface area contributed by atoms with Crippen LogP contribution in [0.2, 0.25) is 0 Å². The molecule has 0 amide bonds. The normalized spacial score (nSPS) is 20.2. The summed E-state index contributed by atoms with van der Waals surface area (Å²) in [5, 5.41) is 6.77. The minimum Gasteiger partial charge on any atom is -0.369 e. The number of hydrogen-bond donors (Lipinski definition) is 2. The van der Waals surface area contributed by atoms with E-state index >= 15 is 0 Å². The van der Waals surface area contributed by atoms with E-state index in [1.807, 2.05) is 6.20 Å². The Bertz CT molecular complexity index is 382. The molecule has 1 aromatic heterocycles. The van der Waals surface area contributed by atoms with Crippen molar-refractivity contribution < 1.29 is 0 Å². The van der Waals surface area contributed by atoms with Crippen LogP contribution >= 0.6 is 0 Å². The van der Waals surface area contributed by atoms with Crippen LogP contribution in [-0.2, 0) is 0 Å². The highest BCUT2D eigenvalue weighted by atomic mass is 15.2. The molecule has 2 heterocycles. The maximum absolute atomic E-state index is 4.55. The lowest BCUT2D eigenvalue weighted by Crippen LogP contribution is -2.42. The first-order chi connectivity index (χ1) is 9.31. The van der Waals surface area contributed by atoms with Gasteiger partial charge in [-0.3, -0.25) is 4.98 Å². The fraction of sp³-hybridized carbons (Fsp3) is 0.714. The molecule has 0 spiro atoms. The molecule has 5 nitrogen and oxygen atoms in total. The van der Waals surface area contributed by atoms with Crippen molar-refractivity contribution in [1.82, 2.24) is 14.9 Å².